The van der Waals surface area contributed by atoms with Gasteiger partial charge in [-0.1, -0.05) is 11.6 Å². The van der Waals surface area contributed by atoms with Gasteiger partial charge < -0.3 is 4.18 Å². The third-order valence-electron chi connectivity index (χ3n) is 1.51. The molecule has 0 unspecified atom stereocenters. The van der Waals surface area contributed by atoms with E-state index in [0.717, 1.165) is 6.20 Å². The van der Waals surface area contributed by atoms with Crippen LogP contribution in [0.4, 0.5) is 0 Å². The quantitative estimate of drug-likeness (QED) is 0.752. The SMILES string of the molecule is CCS(=O)(=O)Oc1cc(Cl)c(C#N)cn1. The molecule has 15 heavy (non-hydrogen) atoms. The first kappa shape index (κ1) is 11.8. The molecule has 1 heterocycles. The van der Waals surface area contributed by atoms with Gasteiger partial charge in [0.15, 0.2) is 0 Å². The summed E-state index contributed by atoms with van der Waals surface area (Å²) in [6, 6.07) is 2.99. The Bertz CT molecular complexity index is 507. The second-order valence-corrected chi connectivity index (χ2v) is 4.81. The van der Waals surface area contributed by atoms with Crippen LogP contribution in [0.15, 0.2) is 12.3 Å². The van der Waals surface area contributed by atoms with E-state index in [-0.39, 0.29) is 22.2 Å². The highest BCUT2D eigenvalue weighted by Crippen LogP contribution is 2.20. The van der Waals surface area contributed by atoms with Gasteiger partial charge in [-0.3, -0.25) is 0 Å². The van der Waals surface area contributed by atoms with Crippen molar-refractivity contribution >= 4 is 21.7 Å². The summed E-state index contributed by atoms with van der Waals surface area (Å²) in [5.74, 6) is -0.299. The molecule has 0 saturated carbocycles. The van der Waals surface area contributed by atoms with Crippen LogP contribution in [0.5, 0.6) is 5.88 Å². The van der Waals surface area contributed by atoms with Crippen molar-refractivity contribution in [3.63, 3.8) is 0 Å². The van der Waals surface area contributed by atoms with Gasteiger partial charge in [0, 0.05) is 6.07 Å². The molecule has 0 spiro atoms. The predicted molar refractivity (Wildman–Crippen MR) is 54.1 cm³/mol. The highest BCUT2D eigenvalue weighted by Gasteiger charge is 2.11. The average Bonchev–Trinajstić information content (AvgIpc) is 2.17. The van der Waals surface area contributed by atoms with Crippen molar-refractivity contribution in [3.05, 3.63) is 22.8 Å². The zero-order valence-corrected chi connectivity index (χ0v) is 9.34. The number of hydrogen-bond donors (Lipinski definition) is 0. The van der Waals surface area contributed by atoms with Gasteiger partial charge in [-0.15, -0.1) is 0 Å². The van der Waals surface area contributed by atoms with Crippen LogP contribution in [0.2, 0.25) is 5.02 Å². The molecule has 0 amide bonds. The molecule has 0 bridgehead atoms. The van der Waals surface area contributed by atoms with Gasteiger partial charge in [0.25, 0.3) is 0 Å². The maximum Gasteiger partial charge on any atom is 0.310 e. The molecule has 0 radical (unpaired) electrons. The number of aromatic nitrogens is 1. The summed E-state index contributed by atoms with van der Waals surface area (Å²) in [7, 11) is -3.61. The van der Waals surface area contributed by atoms with E-state index < -0.39 is 10.1 Å². The second kappa shape index (κ2) is 4.47. The van der Waals surface area contributed by atoms with E-state index in [1.54, 1.807) is 6.07 Å². The zero-order chi connectivity index (χ0) is 11.5. The molecule has 0 aliphatic heterocycles. The normalized spacial score (nSPS) is 10.7. The smallest absolute Gasteiger partial charge is 0.310 e. The molecule has 0 N–H and O–H groups in total. The van der Waals surface area contributed by atoms with Crippen molar-refractivity contribution in [3.8, 4) is 11.9 Å². The van der Waals surface area contributed by atoms with E-state index in [1.165, 1.54) is 13.0 Å². The Hall–Kier alpha value is -1.32. The molecule has 80 valence electrons. The molecule has 0 saturated heterocycles. The molecule has 1 aromatic heterocycles. The summed E-state index contributed by atoms with van der Waals surface area (Å²) in [6.45, 7) is 1.45. The monoisotopic (exact) mass is 246 g/mol. The van der Waals surface area contributed by atoms with Gasteiger partial charge in [0.1, 0.15) is 6.07 Å². The van der Waals surface area contributed by atoms with Gasteiger partial charge in [0.2, 0.25) is 5.88 Å². The third kappa shape index (κ3) is 3.08. The Balaban J connectivity index is 3.01. The summed E-state index contributed by atoms with van der Waals surface area (Å²) in [4.78, 5) is 3.64. The van der Waals surface area contributed by atoms with E-state index in [1.807, 2.05) is 0 Å². The lowest BCUT2D eigenvalue weighted by molar-refractivity contribution is 0.477. The fraction of sp³-hybridized carbons (Fsp3) is 0.250. The minimum Gasteiger partial charge on any atom is -0.362 e. The van der Waals surface area contributed by atoms with Crippen molar-refractivity contribution in [1.82, 2.24) is 4.98 Å². The van der Waals surface area contributed by atoms with E-state index in [2.05, 4.69) is 9.17 Å². The van der Waals surface area contributed by atoms with Crippen molar-refractivity contribution in [2.75, 3.05) is 5.75 Å². The summed E-state index contributed by atoms with van der Waals surface area (Å²) < 4.78 is 26.7. The number of rotatable bonds is 3. The number of nitriles is 1. The number of nitrogens with zero attached hydrogens (tertiary/aromatic N) is 2. The van der Waals surface area contributed by atoms with E-state index >= 15 is 0 Å². The van der Waals surface area contributed by atoms with E-state index in [0.29, 0.717) is 0 Å². The predicted octanol–water partition coefficient (Wildman–Crippen LogP) is 1.34. The van der Waals surface area contributed by atoms with Crippen molar-refractivity contribution in [2.45, 2.75) is 6.92 Å². The maximum absolute atomic E-state index is 11.1. The highest BCUT2D eigenvalue weighted by atomic mass is 35.5. The molecule has 0 fully saturated rings. The maximum atomic E-state index is 11.1. The Kier molecular flexibility index (Phi) is 3.50. The number of hydrogen-bond acceptors (Lipinski definition) is 5. The first-order valence-electron chi connectivity index (χ1n) is 3.96. The van der Waals surface area contributed by atoms with Crippen molar-refractivity contribution in [1.29, 1.82) is 5.26 Å². The largest absolute Gasteiger partial charge is 0.362 e. The van der Waals surface area contributed by atoms with Crippen LogP contribution >= 0.6 is 11.6 Å². The lowest BCUT2D eigenvalue weighted by Crippen LogP contribution is -2.12. The van der Waals surface area contributed by atoms with Gasteiger partial charge in [-0.05, 0) is 6.92 Å². The molecule has 1 rings (SSSR count). The standard InChI is InChI=1S/C8H7ClN2O3S/c1-2-15(12,13)14-8-3-7(9)6(4-10)5-11-8/h3,5H,2H2,1H3. The second-order valence-electron chi connectivity index (χ2n) is 2.54. The third-order valence-corrected chi connectivity index (χ3v) is 2.96. The topological polar surface area (TPSA) is 80.0 Å². The number of pyridine rings is 1. The molecular formula is C8H7ClN2O3S. The molecule has 1 aromatic rings. The fourth-order valence-corrected chi connectivity index (χ4v) is 1.38. The minimum atomic E-state index is -3.61. The van der Waals surface area contributed by atoms with Crippen LogP contribution in [0.1, 0.15) is 12.5 Å². The van der Waals surface area contributed by atoms with Crippen molar-refractivity contribution < 1.29 is 12.6 Å². The summed E-state index contributed by atoms with van der Waals surface area (Å²) in [5, 5.41) is 8.66. The van der Waals surface area contributed by atoms with Crippen LogP contribution in [0, 0.1) is 11.3 Å². The van der Waals surface area contributed by atoms with E-state index in [9.17, 15) is 8.42 Å². The van der Waals surface area contributed by atoms with Gasteiger partial charge in [0.05, 0.1) is 22.5 Å². The Morgan fingerprint density at radius 1 is 1.67 bits per heavy atom. The first-order valence-corrected chi connectivity index (χ1v) is 5.92. The summed E-state index contributed by atoms with van der Waals surface area (Å²) in [6.07, 6.45) is 1.16. The zero-order valence-electron chi connectivity index (χ0n) is 7.77. The highest BCUT2D eigenvalue weighted by molar-refractivity contribution is 7.87. The molecule has 5 nitrogen and oxygen atoms in total. The Morgan fingerprint density at radius 3 is 2.80 bits per heavy atom. The van der Waals surface area contributed by atoms with Crippen LogP contribution in [0.3, 0.4) is 0 Å². The van der Waals surface area contributed by atoms with E-state index in [4.69, 9.17) is 16.9 Å². The van der Waals surface area contributed by atoms with Crippen LogP contribution in [-0.4, -0.2) is 19.2 Å². The van der Waals surface area contributed by atoms with Crippen LogP contribution < -0.4 is 4.18 Å². The molecule has 0 atom stereocenters. The molecule has 0 aliphatic rings. The summed E-state index contributed by atoms with van der Waals surface area (Å²) >= 11 is 5.66. The first-order chi connectivity index (χ1) is 6.98. The van der Waals surface area contributed by atoms with Gasteiger partial charge >= 0.3 is 10.1 Å². The Labute approximate surface area is 92.4 Å². The van der Waals surface area contributed by atoms with Crippen LogP contribution in [0.25, 0.3) is 0 Å². The lowest BCUT2D eigenvalue weighted by Gasteiger charge is -2.03. The minimum absolute atomic E-state index is 0.105. The average molecular weight is 247 g/mol. The number of halogens is 1. The van der Waals surface area contributed by atoms with Crippen LogP contribution in [-0.2, 0) is 10.1 Å². The fourth-order valence-electron chi connectivity index (χ4n) is 0.730. The lowest BCUT2D eigenvalue weighted by atomic mass is 10.3. The van der Waals surface area contributed by atoms with Crippen molar-refractivity contribution in [2.24, 2.45) is 0 Å². The van der Waals surface area contributed by atoms with Gasteiger partial charge in [-0.2, -0.15) is 13.7 Å². The van der Waals surface area contributed by atoms with Gasteiger partial charge in [-0.25, -0.2) is 4.98 Å². The molecular weight excluding hydrogens is 240 g/mol. The Morgan fingerprint density at radius 2 is 2.33 bits per heavy atom. The molecule has 7 heteroatoms. The summed E-state index contributed by atoms with van der Waals surface area (Å²) in [5.41, 5.74) is 0.165. The molecule has 0 aliphatic carbocycles. The molecule has 0 aromatic carbocycles.